The molecule has 0 radical (unpaired) electrons. The van der Waals surface area contributed by atoms with Gasteiger partial charge in [-0.25, -0.2) is 0 Å². The molecule has 1 aliphatic rings. The number of carbonyl (C=O) groups is 1. The summed E-state index contributed by atoms with van der Waals surface area (Å²) >= 11 is 6.18. The van der Waals surface area contributed by atoms with Crippen molar-refractivity contribution < 1.29 is 18.0 Å². The minimum atomic E-state index is -4.52. The summed E-state index contributed by atoms with van der Waals surface area (Å²) in [6.07, 6.45) is 1.69. The van der Waals surface area contributed by atoms with Gasteiger partial charge in [-0.1, -0.05) is 66.9 Å². The molecule has 0 aliphatic heterocycles. The van der Waals surface area contributed by atoms with Crippen molar-refractivity contribution in [3.8, 4) is 0 Å². The molecule has 3 nitrogen and oxygen atoms in total. The van der Waals surface area contributed by atoms with Crippen molar-refractivity contribution in [2.45, 2.75) is 57.2 Å². The predicted molar refractivity (Wildman–Crippen MR) is 131 cm³/mol. The van der Waals surface area contributed by atoms with Gasteiger partial charge in [-0.15, -0.1) is 0 Å². The molecule has 1 aromatic heterocycles. The molecule has 0 saturated heterocycles. The molecule has 35 heavy (non-hydrogen) atoms. The van der Waals surface area contributed by atoms with E-state index in [-0.39, 0.29) is 18.2 Å². The number of benzene rings is 2. The topological polar surface area (TPSA) is 42.0 Å². The van der Waals surface area contributed by atoms with Crippen LogP contribution >= 0.6 is 11.6 Å². The van der Waals surface area contributed by atoms with Gasteiger partial charge >= 0.3 is 6.18 Å². The van der Waals surface area contributed by atoms with Crippen molar-refractivity contribution in [2.75, 3.05) is 0 Å². The summed E-state index contributed by atoms with van der Waals surface area (Å²) < 4.78 is 41.2. The van der Waals surface area contributed by atoms with E-state index in [4.69, 9.17) is 11.6 Å². The monoisotopic (exact) mass is 500 g/mol. The molecule has 184 valence electrons. The molecule has 2 aromatic carbocycles. The smallest absolute Gasteiger partial charge is 0.341 e. The molecule has 0 spiro atoms. The van der Waals surface area contributed by atoms with Crippen molar-refractivity contribution in [2.24, 2.45) is 5.92 Å². The Labute approximate surface area is 208 Å². The number of pyridine rings is 1. The third-order valence-electron chi connectivity index (χ3n) is 6.75. The highest BCUT2D eigenvalue weighted by Crippen LogP contribution is 2.39. The average molecular weight is 501 g/mol. The highest BCUT2D eigenvalue weighted by atomic mass is 35.5. The van der Waals surface area contributed by atoms with Crippen LogP contribution in [0.3, 0.4) is 0 Å². The van der Waals surface area contributed by atoms with E-state index < -0.39 is 17.3 Å². The van der Waals surface area contributed by atoms with Gasteiger partial charge in [0, 0.05) is 19.0 Å². The molecule has 4 rings (SSSR count). The Bertz CT molecular complexity index is 1180. The van der Waals surface area contributed by atoms with Gasteiger partial charge in [0.1, 0.15) is 5.54 Å². The van der Waals surface area contributed by atoms with Crippen LogP contribution in [0.5, 0.6) is 0 Å². The minimum Gasteiger partial charge on any atom is -0.341 e. The maximum absolute atomic E-state index is 13.7. The number of hydrogen-bond donors (Lipinski definition) is 1. The van der Waals surface area contributed by atoms with Crippen LogP contribution in [0.4, 0.5) is 13.2 Å². The number of aromatic nitrogens is 1. The van der Waals surface area contributed by atoms with E-state index >= 15 is 0 Å². The first kappa shape index (κ1) is 25.2. The first-order chi connectivity index (χ1) is 16.7. The number of rotatable bonds is 7. The molecule has 3 aromatic rings. The summed E-state index contributed by atoms with van der Waals surface area (Å²) in [6, 6.07) is 16.3. The lowest BCUT2D eigenvalue weighted by molar-refractivity contribution is -0.137. The Morgan fingerprint density at radius 1 is 1.03 bits per heavy atom. The molecule has 1 fully saturated rings. The van der Waals surface area contributed by atoms with Crippen molar-refractivity contribution in [1.29, 1.82) is 0 Å². The zero-order valence-corrected chi connectivity index (χ0v) is 20.3. The van der Waals surface area contributed by atoms with Crippen LogP contribution in [0.2, 0.25) is 5.02 Å². The van der Waals surface area contributed by atoms with Gasteiger partial charge in [-0.05, 0) is 60.6 Å². The fourth-order valence-electron chi connectivity index (χ4n) is 5.11. The second kappa shape index (κ2) is 10.4. The third-order valence-corrected chi connectivity index (χ3v) is 6.95. The summed E-state index contributed by atoms with van der Waals surface area (Å²) in [5.41, 5.74) is 0.268. The zero-order chi connectivity index (χ0) is 25.1. The Hall–Kier alpha value is -2.86. The highest BCUT2D eigenvalue weighted by molar-refractivity contribution is 6.30. The maximum Gasteiger partial charge on any atom is 0.416 e. The number of nitrogens with zero attached hydrogens (tertiary/aromatic N) is 1. The SMILES string of the molecule is Cc1cc(Cl)cnc1C(Cc1ccccc1)(NC(=O)CC1CCCC1)c1cccc(C(F)(F)F)c1. The maximum atomic E-state index is 13.7. The van der Waals surface area contributed by atoms with Crippen LogP contribution in [-0.2, 0) is 22.9 Å². The van der Waals surface area contributed by atoms with Gasteiger partial charge < -0.3 is 5.32 Å². The number of carbonyl (C=O) groups excluding carboxylic acids is 1. The number of aryl methyl sites for hydroxylation is 1. The van der Waals surface area contributed by atoms with Crippen LogP contribution in [0.15, 0.2) is 66.9 Å². The second-order valence-electron chi connectivity index (χ2n) is 9.37. The van der Waals surface area contributed by atoms with E-state index in [0.717, 1.165) is 43.4 Å². The van der Waals surface area contributed by atoms with Crippen LogP contribution in [0.1, 0.15) is 60.1 Å². The fraction of sp³-hybridized carbons (Fsp3) is 0.357. The molecular weight excluding hydrogens is 473 g/mol. The second-order valence-corrected chi connectivity index (χ2v) is 9.80. The van der Waals surface area contributed by atoms with Crippen LogP contribution in [0, 0.1) is 12.8 Å². The van der Waals surface area contributed by atoms with E-state index in [0.29, 0.717) is 28.3 Å². The molecular formula is C28H28ClF3N2O. The molecule has 1 atom stereocenters. The van der Waals surface area contributed by atoms with Gasteiger partial charge in [-0.3, -0.25) is 9.78 Å². The Balaban J connectivity index is 1.89. The molecule has 0 bridgehead atoms. The highest BCUT2D eigenvalue weighted by Gasteiger charge is 2.41. The van der Waals surface area contributed by atoms with Crippen molar-refractivity contribution in [3.05, 3.63) is 99.8 Å². The lowest BCUT2D eigenvalue weighted by Gasteiger charge is -2.37. The Morgan fingerprint density at radius 2 is 1.71 bits per heavy atom. The minimum absolute atomic E-state index is 0.193. The van der Waals surface area contributed by atoms with Gasteiger partial charge in [-0.2, -0.15) is 13.2 Å². The molecule has 1 N–H and O–H groups in total. The fourth-order valence-corrected chi connectivity index (χ4v) is 5.33. The van der Waals surface area contributed by atoms with Crippen molar-refractivity contribution >= 4 is 17.5 Å². The normalized spacial score (nSPS) is 16.1. The Kier molecular flexibility index (Phi) is 7.50. The lowest BCUT2D eigenvalue weighted by Crippen LogP contribution is -2.50. The summed E-state index contributed by atoms with van der Waals surface area (Å²) in [5.74, 6) is 0.0894. The summed E-state index contributed by atoms with van der Waals surface area (Å²) in [7, 11) is 0. The van der Waals surface area contributed by atoms with Crippen LogP contribution < -0.4 is 5.32 Å². The van der Waals surface area contributed by atoms with E-state index in [1.54, 1.807) is 12.1 Å². The van der Waals surface area contributed by atoms with Crippen LogP contribution in [0.25, 0.3) is 0 Å². The van der Waals surface area contributed by atoms with E-state index in [2.05, 4.69) is 10.3 Å². The average Bonchev–Trinajstić information content (AvgIpc) is 3.32. The molecule has 1 aliphatic carbocycles. The van der Waals surface area contributed by atoms with Gasteiger partial charge in [0.15, 0.2) is 0 Å². The molecule has 1 saturated carbocycles. The molecule has 1 heterocycles. The Morgan fingerprint density at radius 3 is 2.37 bits per heavy atom. The predicted octanol–water partition coefficient (Wildman–Crippen LogP) is 7.25. The first-order valence-corrected chi connectivity index (χ1v) is 12.2. The van der Waals surface area contributed by atoms with Gasteiger partial charge in [0.2, 0.25) is 5.91 Å². The number of hydrogen-bond acceptors (Lipinski definition) is 2. The summed E-state index contributed by atoms with van der Waals surface area (Å²) in [4.78, 5) is 18.0. The summed E-state index contributed by atoms with van der Waals surface area (Å²) in [6.45, 7) is 1.81. The standard InChI is InChI=1S/C28H28ClF3N2O/c1-19-14-24(29)18-33-26(19)27(17-21-10-3-2-4-11-21,34-25(35)15-20-8-5-6-9-20)22-12-7-13-23(16-22)28(30,31)32/h2-4,7,10-14,16,18,20H,5-6,8-9,15,17H2,1H3,(H,34,35). The first-order valence-electron chi connectivity index (χ1n) is 11.8. The van der Waals surface area contributed by atoms with E-state index in [1.165, 1.54) is 12.3 Å². The van der Waals surface area contributed by atoms with E-state index in [9.17, 15) is 18.0 Å². The largest absolute Gasteiger partial charge is 0.416 e. The van der Waals surface area contributed by atoms with Crippen molar-refractivity contribution in [3.63, 3.8) is 0 Å². The van der Waals surface area contributed by atoms with Crippen molar-refractivity contribution in [1.82, 2.24) is 10.3 Å². The molecule has 7 heteroatoms. The molecule has 1 amide bonds. The molecule has 1 unspecified atom stereocenters. The number of amides is 1. The van der Waals surface area contributed by atoms with Crippen LogP contribution in [-0.4, -0.2) is 10.9 Å². The number of halogens is 4. The lowest BCUT2D eigenvalue weighted by atomic mass is 9.78. The van der Waals surface area contributed by atoms with Gasteiger partial charge in [0.05, 0.1) is 16.3 Å². The van der Waals surface area contributed by atoms with Gasteiger partial charge in [0.25, 0.3) is 0 Å². The quantitative estimate of drug-likeness (QED) is 0.371. The number of alkyl halides is 3. The third kappa shape index (κ3) is 5.87. The van der Waals surface area contributed by atoms with E-state index in [1.807, 2.05) is 37.3 Å². The zero-order valence-electron chi connectivity index (χ0n) is 19.5. The summed E-state index contributed by atoms with van der Waals surface area (Å²) in [5, 5.41) is 3.58. The number of nitrogens with one attached hydrogen (secondary N) is 1.